The van der Waals surface area contributed by atoms with Crippen LogP contribution in [0.3, 0.4) is 0 Å². The average molecular weight is 353 g/mol. The zero-order valence-corrected chi connectivity index (χ0v) is 17.2. The molecule has 0 spiro atoms. The Kier molecular flexibility index (Phi) is 6.28. The van der Waals surface area contributed by atoms with E-state index in [0.717, 1.165) is 45.0 Å². The molecular formula is C19H36BNO4. The predicted molar refractivity (Wildman–Crippen MR) is 100 cm³/mol. The van der Waals surface area contributed by atoms with Gasteiger partial charge in [-0.1, -0.05) is 12.8 Å². The molecule has 0 aromatic heterocycles. The molecule has 144 valence electrons. The third-order valence-electron chi connectivity index (χ3n) is 6.44. The van der Waals surface area contributed by atoms with Gasteiger partial charge in [0, 0.05) is 6.54 Å². The summed E-state index contributed by atoms with van der Waals surface area (Å²) >= 11 is 0. The second-order valence-electron chi connectivity index (χ2n) is 9.09. The Labute approximate surface area is 153 Å². The molecule has 0 aromatic rings. The topological polar surface area (TPSA) is 48.0 Å². The van der Waals surface area contributed by atoms with Crippen molar-refractivity contribution in [3.63, 3.8) is 0 Å². The van der Waals surface area contributed by atoms with E-state index in [1.807, 2.05) is 14.1 Å². The SMILES string of the molecule is COC(=O)[C@@]1(CN(C)C)CCC[C@H]1CCCB1OC(C)(C)C(C)(C)O1. The molecule has 2 aliphatic rings. The van der Waals surface area contributed by atoms with E-state index in [1.54, 1.807) is 0 Å². The molecule has 0 bridgehead atoms. The minimum atomic E-state index is -0.353. The lowest BCUT2D eigenvalue weighted by Crippen LogP contribution is -2.44. The van der Waals surface area contributed by atoms with E-state index in [9.17, 15) is 4.79 Å². The summed E-state index contributed by atoms with van der Waals surface area (Å²) in [4.78, 5) is 14.7. The molecule has 1 aliphatic carbocycles. The van der Waals surface area contributed by atoms with Crippen LogP contribution in [0.2, 0.25) is 6.32 Å². The van der Waals surface area contributed by atoms with Crippen LogP contribution in [-0.2, 0) is 18.8 Å². The largest absolute Gasteiger partial charge is 0.469 e. The van der Waals surface area contributed by atoms with E-state index in [4.69, 9.17) is 14.0 Å². The molecule has 1 saturated carbocycles. The van der Waals surface area contributed by atoms with Crippen LogP contribution in [0.5, 0.6) is 0 Å². The Morgan fingerprint density at radius 3 is 2.32 bits per heavy atom. The van der Waals surface area contributed by atoms with Crippen LogP contribution in [0.15, 0.2) is 0 Å². The summed E-state index contributed by atoms with van der Waals surface area (Å²) in [5, 5.41) is 0. The lowest BCUT2D eigenvalue weighted by atomic mass is 9.73. The molecule has 2 atom stereocenters. The van der Waals surface area contributed by atoms with Crippen LogP contribution < -0.4 is 0 Å². The van der Waals surface area contributed by atoms with Crippen molar-refractivity contribution in [2.45, 2.75) is 77.3 Å². The Balaban J connectivity index is 1.94. The zero-order valence-electron chi connectivity index (χ0n) is 17.2. The highest BCUT2D eigenvalue weighted by Crippen LogP contribution is 2.47. The summed E-state index contributed by atoms with van der Waals surface area (Å²) in [5.41, 5.74) is -0.897. The molecule has 5 nitrogen and oxygen atoms in total. The minimum Gasteiger partial charge on any atom is -0.469 e. The Morgan fingerprint density at radius 1 is 1.20 bits per heavy atom. The molecule has 0 unspecified atom stereocenters. The van der Waals surface area contributed by atoms with Gasteiger partial charge in [0.15, 0.2) is 0 Å². The van der Waals surface area contributed by atoms with Gasteiger partial charge in [-0.3, -0.25) is 4.79 Å². The fraction of sp³-hybridized carbons (Fsp3) is 0.947. The van der Waals surface area contributed by atoms with Gasteiger partial charge < -0.3 is 18.9 Å². The summed E-state index contributed by atoms with van der Waals surface area (Å²) in [5.74, 6) is 0.337. The third kappa shape index (κ3) is 4.22. The maximum atomic E-state index is 12.6. The first kappa shape index (κ1) is 20.7. The number of nitrogens with zero attached hydrogens (tertiary/aromatic N) is 1. The van der Waals surface area contributed by atoms with E-state index in [2.05, 4.69) is 32.6 Å². The lowest BCUT2D eigenvalue weighted by Gasteiger charge is -2.35. The average Bonchev–Trinajstić information content (AvgIpc) is 2.97. The molecule has 1 saturated heterocycles. The molecular weight excluding hydrogens is 317 g/mol. The zero-order chi connectivity index (χ0) is 18.9. The first-order valence-electron chi connectivity index (χ1n) is 9.63. The Morgan fingerprint density at radius 2 is 1.80 bits per heavy atom. The molecule has 2 fully saturated rings. The highest BCUT2D eigenvalue weighted by atomic mass is 16.7. The van der Waals surface area contributed by atoms with E-state index < -0.39 is 0 Å². The minimum absolute atomic E-state index is 0.0423. The number of hydrogen-bond acceptors (Lipinski definition) is 5. The summed E-state index contributed by atoms with van der Waals surface area (Å²) in [7, 11) is 5.43. The number of esters is 1. The predicted octanol–water partition coefficient (Wildman–Crippen LogP) is 3.38. The van der Waals surface area contributed by atoms with Crippen molar-refractivity contribution in [2.75, 3.05) is 27.7 Å². The molecule has 0 aromatic carbocycles. The number of carbonyl (C=O) groups excluding carboxylic acids is 1. The van der Waals surface area contributed by atoms with Crippen LogP contribution in [0, 0.1) is 11.3 Å². The molecule has 0 N–H and O–H groups in total. The summed E-state index contributed by atoms with van der Waals surface area (Å²) in [6.07, 6.45) is 6.04. The third-order valence-corrected chi connectivity index (χ3v) is 6.44. The van der Waals surface area contributed by atoms with Crippen LogP contribution in [0.4, 0.5) is 0 Å². The second kappa shape index (κ2) is 7.57. The van der Waals surface area contributed by atoms with E-state index in [-0.39, 0.29) is 29.7 Å². The number of methoxy groups -OCH3 is 1. The van der Waals surface area contributed by atoms with Gasteiger partial charge in [-0.15, -0.1) is 0 Å². The lowest BCUT2D eigenvalue weighted by molar-refractivity contribution is -0.156. The van der Waals surface area contributed by atoms with Crippen molar-refractivity contribution in [3.8, 4) is 0 Å². The van der Waals surface area contributed by atoms with Gasteiger partial charge in [0.05, 0.1) is 23.7 Å². The van der Waals surface area contributed by atoms with Crippen molar-refractivity contribution >= 4 is 13.1 Å². The van der Waals surface area contributed by atoms with Gasteiger partial charge in [0.2, 0.25) is 0 Å². The smallest absolute Gasteiger partial charge is 0.457 e. The molecule has 1 heterocycles. The highest BCUT2D eigenvalue weighted by molar-refractivity contribution is 6.45. The van der Waals surface area contributed by atoms with Crippen molar-refractivity contribution < 1.29 is 18.8 Å². The second-order valence-corrected chi connectivity index (χ2v) is 9.09. The van der Waals surface area contributed by atoms with Crippen molar-refractivity contribution in [3.05, 3.63) is 0 Å². The monoisotopic (exact) mass is 353 g/mol. The quantitative estimate of drug-likeness (QED) is 0.519. The number of ether oxygens (including phenoxy) is 1. The number of hydrogen-bond donors (Lipinski definition) is 0. The Bertz CT molecular complexity index is 464. The molecule has 25 heavy (non-hydrogen) atoms. The maximum absolute atomic E-state index is 12.6. The summed E-state index contributed by atoms with van der Waals surface area (Å²) in [6, 6.07) is 0. The molecule has 1 aliphatic heterocycles. The van der Waals surface area contributed by atoms with Crippen molar-refractivity contribution in [2.24, 2.45) is 11.3 Å². The van der Waals surface area contributed by atoms with Gasteiger partial charge in [-0.25, -0.2) is 0 Å². The number of rotatable bonds is 7. The fourth-order valence-corrected chi connectivity index (χ4v) is 4.49. The van der Waals surface area contributed by atoms with Gasteiger partial charge >= 0.3 is 13.1 Å². The standard InChI is InChI=1S/C19H36BNO4/c1-17(2)18(3,4)25-20(24-17)13-9-11-15-10-8-12-19(15,14-21(5)6)16(22)23-7/h15H,8-14H2,1-7H3/t15-,19+/m0/s1. The van der Waals surface area contributed by atoms with E-state index in [0.29, 0.717) is 5.92 Å². The van der Waals surface area contributed by atoms with Crippen molar-refractivity contribution in [1.29, 1.82) is 0 Å². The van der Waals surface area contributed by atoms with Crippen molar-refractivity contribution in [1.82, 2.24) is 4.90 Å². The number of carbonyl (C=O) groups is 1. The first-order chi connectivity index (χ1) is 11.5. The van der Waals surface area contributed by atoms with E-state index in [1.165, 1.54) is 7.11 Å². The van der Waals surface area contributed by atoms with E-state index >= 15 is 0 Å². The van der Waals surface area contributed by atoms with Gasteiger partial charge in [-0.2, -0.15) is 0 Å². The summed E-state index contributed by atoms with van der Waals surface area (Å²) in [6.45, 7) is 9.11. The normalized spacial score (nSPS) is 30.9. The first-order valence-corrected chi connectivity index (χ1v) is 9.63. The molecule has 0 amide bonds. The van der Waals surface area contributed by atoms with Crippen LogP contribution in [0.1, 0.15) is 59.8 Å². The highest BCUT2D eigenvalue weighted by Gasteiger charge is 2.52. The van der Waals surface area contributed by atoms with Crippen LogP contribution >= 0.6 is 0 Å². The molecule has 6 heteroatoms. The van der Waals surface area contributed by atoms with Crippen LogP contribution in [0.25, 0.3) is 0 Å². The van der Waals surface area contributed by atoms with Gasteiger partial charge in [0.1, 0.15) is 0 Å². The Hall–Kier alpha value is -0.585. The van der Waals surface area contributed by atoms with Gasteiger partial charge in [-0.05, 0) is 73.3 Å². The summed E-state index contributed by atoms with van der Waals surface area (Å²) < 4.78 is 17.4. The maximum Gasteiger partial charge on any atom is 0.457 e. The van der Waals surface area contributed by atoms with Gasteiger partial charge in [0.25, 0.3) is 0 Å². The fourth-order valence-electron chi connectivity index (χ4n) is 4.49. The molecule has 0 radical (unpaired) electrons. The van der Waals surface area contributed by atoms with Crippen LogP contribution in [-0.4, -0.2) is 56.9 Å². The molecule has 2 rings (SSSR count).